The summed E-state index contributed by atoms with van der Waals surface area (Å²) in [6.07, 6.45) is -17.2. The predicted molar refractivity (Wildman–Crippen MR) is 142 cm³/mol. The number of ether oxygens (including phenoxy) is 6. The van der Waals surface area contributed by atoms with Gasteiger partial charge in [-0.3, -0.25) is 4.79 Å². The van der Waals surface area contributed by atoms with E-state index in [0.29, 0.717) is 5.56 Å². The SMILES string of the molecule is COc1ccc([C@@H]2CC(=O)c3c(O)cc(O[C@@H]4O[C@H](CO[C@@H]5O[C@H](CO)[C@@H](O)[C@H](O)[C@H]5O)[C@@H](O)[C@H](O)[C@H]4O)cc3O2)cc1O. The average Bonchev–Trinajstić information content (AvgIpc) is 3.00. The van der Waals surface area contributed by atoms with Crippen LogP contribution in [0.25, 0.3) is 0 Å². The van der Waals surface area contributed by atoms with Crippen LogP contribution in [0.2, 0.25) is 0 Å². The smallest absolute Gasteiger partial charge is 0.229 e. The maximum atomic E-state index is 12.9. The average molecular weight is 627 g/mol. The van der Waals surface area contributed by atoms with Gasteiger partial charge in [0.2, 0.25) is 6.29 Å². The Morgan fingerprint density at radius 3 is 2.14 bits per heavy atom. The predicted octanol–water partition coefficient (Wildman–Crippen LogP) is -2.18. The number of Topliss-reactive ketones (excluding diaryl/α,β-unsaturated/α-hetero) is 1. The molecule has 16 nitrogen and oxygen atoms in total. The van der Waals surface area contributed by atoms with E-state index in [9.17, 15) is 50.8 Å². The van der Waals surface area contributed by atoms with Crippen molar-refractivity contribution in [2.75, 3.05) is 20.3 Å². The fourth-order valence-electron chi connectivity index (χ4n) is 5.26. The number of carbonyl (C=O) groups is 1. The molecule has 3 aliphatic heterocycles. The van der Waals surface area contributed by atoms with E-state index in [-0.39, 0.29) is 35.0 Å². The summed E-state index contributed by atoms with van der Waals surface area (Å²) in [7, 11) is 1.39. The Kier molecular flexibility index (Phi) is 9.47. The second-order valence-corrected chi connectivity index (χ2v) is 10.6. The lowest BCUT2D eigenvalue weighted by Gasteiger charge is -2.42. The van der Waals surface area contributed by atoms with E-state index >= 15 is 0 Å². The fraction of sp³-hybridized carbons (Fsp3) is 0.536. The van der Waals surface area contributed by atoms with Gasteiger partial charge in [0, 0.05) is 12.1 Å². The molecule has 9 N–H and O–H groups in total. The van der Waals surface area contributed by atoms with Crippen molar-refractivity contribution in [3.63, 3.8) is 0 Å². The maximum absolute atomic E-state index is 12.9. The lowest BCUT2D eigenvalue weighted by molar-refractivity contribution is -0.323. The van der Waals surface area contributed by atoms with E-state index in [1.165, 1.54) is 25.3 Å². The summed E-state index contributed by atoms with van der Waals surface area (Å²) in [4.78, 5) is 12.9. The van der Waals surface area contributed by atoms with Crippen molar-refractivity contribution in [2.45, 2.75) is 73.9 Å². The first kappa shape index (κ1) is 32.1. The van der Waals surface area contributed by atoms with Crippen molar-refractivity contribution in [3.8, 4) is 28.7 Å². The van der Waals surface area contributed by atoms with Gasteiger partial charge < -0.3 is 74.4 Å². The van der Waals surface area contributed by atoms with Crippen LogP contribution in [0.15, 0.2) is 30.3 Å². The van der Waals surface area contributed by atoms with Crippen molar-refractivity contribution in [1.29, 1.82) is 0 Å². The minimum atomic E-state index is -1.81. The largest absolute Gasteiger partial charge is 0.507 e. The Balaban J connectivity index is 1.30. The van der Waals surface area contributed by atoms with Gasteiger partial charge in [-0.1, -0.05) is 6.07 Å². The number of methoxy groups -OCH3 is 1. The molecule has 0 amide bonds. The van der Waals surface area contributed by atoms with Crippen LogP contribution < -0.4 is 14.2 Å². The summed E-state index contributed by atoms with van der Waals surface area (Å²) in [6.45, 7) is -1.27. The van der Waals surface area contributed by atoms with E-state index < -0.39 is 92.3 Å². The van der Waals surface area contributed by atoms with Gasteiger partial charge in [-0.2, -0.15) is 0 Å². The molecule has 242 valence electrons. The van der Waals surface area contributed by atoms with Crippen molar-refractivity contribution in [2.24, 2.45) is 0 Å². The van der Waals surface area contributed by atoms with E-state index in [0.717, 1.165) is 6.07 Å². The number of hydrogen-bond donors (Lipinski definition) is 9. The Morgan fingerprint density at radius 1 is 0.818 bits per heavy atom. The number of fused-ring (bicyclic) bond motifs is 1. The van der Waals surface area contributed by atoms with Crippen molar-refractivity contribution < 1.29 is 79.2 Å². The molecule has 5 rings (SSSR count). The molecule has 2 fully saturated rings. The number of benzene rings is 2. The normalized spacial score (nSPS) is 35.5. The number of phenols is 2. The summed E-state index contributed by atoms with van der Waals surface area (Å²) >= 11 is 0. The Bertz CT molecular complexity index is 1330. The molecule has 3 aliphatic rings. The number of rotatable bonds is 8. The van der Waals surface area contributed by atoms with Gasteiger partial charge in [0.05, 0.1) is 26.7 Å². The summed E-state index contributed by atoms with van der Waals surface area (Å²) in [5, 5.41) is 91.7. The molecule has 2 saturated heterocycles. The fourth-order valence-corrected chi connectivity index (χ4v) is 5.26. The van der Waals surface area contributed by atoms with Crippen molar-refractivity contribution in [3.05, 3.63) is 41.5 Å². The number of carbonyl (C=O) groups excluding carboxylic acids is 1. The zero-order chi connectivity index (χ0) is 31.9. The molecule has 0 unspecified atom stereocenters. The lowest BCUT2D eigenvalue weighted by Crippen LogP contribution is -2.62. The Hall–Kier alpha value is -3.29. The standard InChI is InChI=1S/C28H34O16/c1-39-15-3-2-10(4-12(15)30)16-7-14(32)20-13(31)5-11(6-17(20)42-16)41-28-26(38)24(36)22(34)19(44-28)9-40-27-25(37)23(35)21(33)18(8-29)43-27/h2-6,16,18-19,21-31,33-38H,7-9H2,1H3/t16-,18+,19+,21+,22+,23-,24-,25+,26+,27+,28+/m0/s1. The van der Waals surface area contributed by atoms with Gasteiger partial charge in [-0.05, 0) is 17.7 Å². The Labute approximate surface area is 249 Å². The molecule has 0 spiro atoms. The molecule has 0 bridgehead atoms. The Morgan fingerprint density at radius 2 is 1.48 bits per heavy atom. The summed E-state index contributed by atoms with van der Waals surface area (Å²) in [6, 6.07) is 6.83. The number of aliphatic hydroxyl groups excluding tert-OH is 7. The van der Waals surface area contributed by atoms with Crippen molar-refractivity contribution in [1.82, 2.24) is 0 Å². The molecular weight excluding hydrogens is 592 g/mol. The molecule has 0 saturated carbocycles. The van der Waals surface area contributed by atoms with Crippen LogP contribution in [0.1, 0.15) is 28.4 Å². The lowest BCUT2D eigenvalue weighted by atomic mass is 9.95. The van der Waals surface area contributed by atoms with Crippen LogP contribution >= 0.6 is 0 Å². The second kappa shape index (κ2) is 13.0. The van der Waals surface area contributed by atoms with Gasteiger partial charge in [0.25, 0.3) is 0 Å². The number of phenolic OH excluding ortho intramolecular Hbond substituents is 2. The molecule has 44 heavy (non-hydrogen) atoms. The van der Waals surface area contributed by atoms with E-state index in [4.69, 9.17) is 28.4 Å². The minimum Gasteiger partial charge on any atom is -0.507 e. The first-order valence-electron chi connectivity index (χ1n) is 13.7. The highest BCUT2D eigenvalue weighted by molar-refractivity contribution is 6.02. The monoisotopic (exact) mass is 626 g/mol. The molecule has 0 aliphatic carbocycles. The van der Waals surface area contributed by atoms with Gasteiger partial charge in [-0.25, -0.2) is 0 Å². The third kappa shape index (κ3) is 6.14. The molecule has 16 heteroatoms. The first-order valence-corrected chi connectivity index (χ1v) is 13.7. The molecule has 2 aromatic carbocycles. The topological polar surface area (TPSA) is 255 Å². The minimum absolute atomic E-state index is 0.0649. The number of hydrogen-bond acceptors (Lipinski definition) is 16. The highest BCUT2D eigenvalue weighted by atomic mass is 16.7. The first-order chi connectivity index (χ1) is 20.9. The molecule has 0 aromatic heterocycles. The van der Waals surface area contributed by atoms with Gasteiger partial charge in [-0.15, -0.1) is 0 Å². The molecule has 2 aromatic rings. The number of ketones is 1. The zero-order valence-electron chi connectivity index (χ0n) is 23.2. The van der Waals surface area contributed by atoms with E-state index in [1.807, 2.05) is 0 Å². The highest BCUT2D eigenvalue weighted by Crippen LogP contribution is 2.43. The van der Waals surface area contributed by atoms with Gasteiger partial charge in [0.1, 0.15) is 77.7 Å². The van der Waals surface area contributed by atoms with E-state index in [1.54, 1.807) is 6.07 Å². The van der Waals surface area contributed by atoms with Crippen molar-refractivity contribution >= 4 is 5.78 Å². The van der Waals surface area contributed by atoms with Crippen LogP contribution in [0, 0.1) is 0 Å². The third-order valence-electron chi connectivity index (χ3n) is 7.74. The highest BCUT2D eigenvalue weighted by Gasteiger charge is 2.48. The third-order valence-corrected chi connectivity index (χ3v) is 7.74. The van der Waals surface area contributed by atoms with Gasteiger partial charge >= 0.3 is 0 Å². The quantitative estimate of drug-likeness (QED) is 0.151. The molecule has 3 heterocycles. The summed E-state index contributed by atoms with van der Waals surface area (Å²) in [5.41, 5.74) is 0.344. The molecule has 0 radical (unpaired) electrons. The van der Waals surface area contributed by atoms with Crippen LogP contribution in [0.4, 0.5) is 0 Å². The number of aliphatic hydroxyl groups is 7. The van der Waals surface area contributed by atoms with Crippen LogP contribution in [0.5, 0.6) is 28.7 Å². The second-order valence-electron chi connectivity index (χ2n) is 10.6. The van der Waals surface area contributed by atoms with Crippen LogP contribution in [0.3, 0.4) is 0 Å². The summed E-state index contributed by atoms with van der Waals surface area (Å²) in [5.74, 6) is -1.10. The molecular formula is C28H34O16. The van der Waals surface area contributed by atoms with Crippen LogP contribution in [-0.4, -0.2) is 133 Å². The van der Waals surface area contributed by atoms with Gasteiger partial charge in [0.15, 0.2) is 23.6 Å². The molecule has 11 atom stereocenters. The number of aromatic hydroxyl groups is 2. The zero-order valence-corrected chi connectivity index (χ0v) is 23.2. The summed E-state index contributed by atoms with van der Waals surface area (Å²) < 4.78 is 32.9. The maximum Gasteiger partial charge on any atom is 0.229 e. The van der Waals surface area contributed by atoms with Crippen LogP contribution in [-0.2, 0) is 14.2 Å². The van der Waals surface area contributed by atoms with E-state index in [2.05, 4.69) is 0 Å².